The van der Waals surface area contributed by atoms with Gasteiger partial charge in [-0.25, -0.2) is 4.39 Å². The predicted octanol–water partition coefficient (Wildman–Crippen LogP) is 4.97. The third-order valence-corrected chi connectivity index (χ3v) is 5.60. The first-order chi connectivity index (χ1) is 15.7. The van der Waals surface area contributed by atoms with Crippen molar-refractivity contribution in [3.05, 3.63) is 106 Å². The van der Waals surface area contributed by atoms with Gasteiger partial charge in [0.15, 0.2) is 0 Å². The number of halogens is 4. The highest BCUT2D eigenvalue weighted by atomic mass is 19.4. The maximum Gasteiger partial charge on any atom is 0.417 e. The van der Waals surface area contributed by atoms with Crippen LogP contribution >= 0.6 is 0 Å². The van der Waals surface area contributed by atoms with Crippen LogP contribution in [0.15, 0.2) is 66.7 Å². The van der Waals surface area contributed by atoms with Crippen LogP contribution in [0.25, 0.3) is 0 Å². The van der Waals surface area contributed by atoms with Crippen LogP contribution in [0, 0.1) is 5.82 Å². The van der Waals surface area contributed by atoms with E-state index in [1.807, 2.05) is 30.3 Å². The summed E-state index contributed by atoms with van der Waals surface area (Å²) in [6.45, 7) is 0.529. The molecule has 0 radical (unpaired) electrons. The number of fused-ring (bicyclic) bond motifs is 1. The van der Waals surface area contributed by atoms with Crippen molar-refractivity contribution in [2.45, 2.75) is 25.7 Å². The lowest BCUT2D eigenvalue weighted by atomic mass is 9.95. The average molecular weight is 456 g/mol. The minimum absolute atomic E-state index is 0.0334. The van der Waals surface area contributed by atoms with Gasteiger partial charge in [-0.2, -0.15) is 13.2 Å². The van der Waals surface area contributed by atoms with Crippen molar-refractivity contribution in [1.82, 2.24) is 10.2 Å². The van der Waals surface area contributed by atoms with Gasteiger partial charge in [0.25, 0.3) is 11.8 Å². The Kier molecular flexibility index (Phi) is 6.18. The van der Waals surface area contributed by atoms with Crippen LogP contribution in [0.3, 0.4) is 0 Å². The largest absolute Gasteiger partial charge is 0.417 e. The Morgan fingerprint density at radius 3 is 2.42 bits per heavy atom. The zero-order valence-corrected chi connectivity index (χ0v) is 17.5. The number of amides is 2. The van der Waals surface area contributed by atoms with Crippen molar-refractivity contribution in [3.63, 3.8) is 0 Å². The smallest absolute Gasteiger partial charge is 0.348 e. The van der Waals surface area contributed by atoms with Gasteiger partial charge < -0.3 is 10.2 Å². The molecule has 4 rings (SSSR count). The van der Waals surface area contributed by atoms with Crippen LogP contribution in [0.4, 0.5) is 17.6 Å². The molecule has 8 heteroatoms. The van der Waals surface area contributed by atoms with Gasteiger partial charge in [-0.3, -0.25) is 9.59 Å². The minimum Gasteiger partial charge on any atom is -0.348 e. The van der Waals surface area contributed by atoms with Gasteiger partial charge in [0.1, 0.15) is 5.82 Å². The molecule has 0 unspecified atom stereocenters. The van der Waals surface area contributed by atoms with Gasteiger partial charge >= 0.3 is 6.18 Å². The Morgan fingerprint density at radius 2 is 1.70 bits per heavy atom. The number of carbonyl (C=O) groups excluding carboxylic acids is 2. The molecule has 170 valence electrons. The number of benzene rings is 3. The highest BCUT2D eigenvalue weighted by Gasteiger charge is 2.38. The van der Waals surface area contributed by atoms with E-state index >= 15 is 0 Å². The van der Waals surface area contributed by atoms with E-state index in [-0.39, 0.29) is 19.0 Å². The molecule has 0 bridgehead atoms. The topological polar surface area (TPSA) is 49.4 Å². The molecule has 0 saturated heterocycles. The molecule has 4 nitrogen and oxygen atoms in total. The molecule has 1 heterocycles. The number of carbonyl (C=O) groups is 2. The van der Waals surface area contributed by atoms with Crippen molar-refractivity contribution >= 4 is 11.8 Å². The summed E-state index contributed by atoms with van der Waals surface area (Å²) < 4.78 is 54.2. The summed E-state index contributed by atoms with van der Waals surface area (Å²) in [6, 6.07) is 17.0. The van der Waals surface area contributed by atoms with E-state index in [0.29, 0.717) is 30.2 Å². The average Bonchev–Trinajstić information content (AvgIpc) is 2.81. The Labute approximate surface area is 187 Å². The van der Waals surface area contributed by atoms with Crippen molar-refractivity contribution in [2.24, 2.45) is 0 Å². The molecule has 3 aromatic rings. The van der Waals surface area contributed by atoms with Gasteiger partial charge in [0.2, 0.25) is 0 Å². The molecule has 0 aliphatic carbocycles. The van der Waals surface area contributed by atoms with Crippen molar-refractivity contribution < 1.29 is 27.2 Å². The number of hydrogen-bond acceptors (Lipinski definition) is 2. The fourth-order valence-corrected chi connectivity index (χ4v) is 3.88. The maximum atomic E-state index is 14.2. The standard InChI is InChI=1S/C25H20F4N2O2/c26-21-8-4-7-20(25(27,28)29)22(21)24(33)31-12-11-17-13-18(9-10-19(17)15-31)23(32)30-14-16-5-2-1-3-6-16/h1-10,13H,11-12,14-15H2,(H,30,32). The molecule has 1 aliphatic rings. The zero-order chi connectivity index (χ0) is 23.6. The fraction of sp³-hybridized carbons (Fsp3) is 0.200. The van der Waals surface area contributed by atoms with E-state index < -0.39 is 29.0 Å². The van der Waals surface area contributed by atoms with Gasteiger partial charge in [-0.05, 0) is 47.4 Å². The second-order valence-electron chi connectivity index (χ2n) is 7.79. The molecule has 2 amide bonds. The van der Waals surface area contributed by atoms with Crippen molar-refractivity contribution in [1.29, 1.82) is 0 Å². The van der Waals surface area contributed by atoms with Crippen LogP contribution in [0.5, 0.6) is 0 Å². The molecule has 0 saturated carbocycles. The molecule has 33 heavy (non-hydrogen) atoms. The SMILES string of the molecule is O=C(NCc1ccccc1)c1ccc2c(c1)CCN(C(=O)c1c(F)cccc1C(F)(F)F)C2. The molecular formula is C25H20F4N2O2. The summed E-state index contributed by atoms with van der Waals surface area (Å²) in [7, 11) is 0. The fourth-order valence-electron chi connectivity index (χ4n) is 3.88. The summed E-state index contributed by atoms with van der Waals surface area (Å²) in [5.41, 5.74) is 0.700. The molecule has 1 aliphatic heterocycles. The summed E-state index contributed by atoms with van der Waals surface area (Å²) in [4.78, 5) is 26.5. The lowest BCUT2D eigenvalue weighted by molar-refractivity contribution is -0.138. The first kappa shape index (κ1) is 22.5. The van der Waals surface area contributed by atoms with Crippen LogP contribution in [-0.2, 0) is 25.7 Å². The van der Waals surface area contributed by atoms with E-state index in [1.165, 1.54) is 4.90 Å². The molecule has 1 N–H and O–H groups in total. The van der Waals surface area contributed by atoms with E-state index in [4.69, 9.17) is 0 Å². The first-order valence-corrected chi connectivity index (χ1v) is 10.3. The Morgan fingerprint density at radius 1 is 0.939 bits per heavy atom. The molecule has 0 atom stereocenters. The zero-order valence-electron chi connectivity index (χ0n) is 17.5. The predicted molar refractivity (Wildman–Crippen MR) is 114 cm³/mol. The Balaban J connectivity index is 1.49. The normalized spacial score (nSPS) is 13.4. The van der Waals surface area contributed by atoms with Gasteiger partial charge in [0, 0.05) is 25.2 Å². The monoisotopic (exact) mass is 456 g/mol. The summed E-state index contributed by atoms with van der Waals surface area (Å²) in [5, 5.41) is 2.85. The molecule has 0 spiro atoms. The third-order valence-electron chi connectivity index (χ3n) is 5.60. The number of alkyl halides is 3. The maximum absolute atomic E-state index is 14.2. The second kappa shape index (κ2) is 9.05. The number of nitrogens with zero attached hydrogens (tertiary/aromatic N) is 1. The first-order valence-electron chi connectivity index (χ1n) is 10.3. The van der Waals surface area contributed by atoms with E-state index in [2.05, 4.69) is 5.32 Å². The molecule has 0 aromatic heterocycles. The number of hydrogen-bond donors (Lipinski definition) is 1. The van der Waals surface area contributed by atoms with E-state index in [0.717, 1.165) is 23.3 Å². The number of nitrogens with one attached hydrogen (secondary N) is 1. The molecule has 0 fully saturated rings. The Bertz CT molecular complexity index is 1190. The number of rotatable bonds is 4. The highest BCUT2D eigenvalue weighted by Crippen LogP contribution is 2.34. The van der Waals surface area contributed by atoms with E-state index in [1.54, 1.807) is 18.2 Å². The van der Waals surface area contributed by atoms with Crippen molar-refractivity contribution in [2.75, 3.05) is 6.54 Å². The minimum atomic E-state index is -4.84. The lowest BCUT2D eigenvalue weighted by Gasteiger charge is -2.30. The van der Waals surface area contributed by atoms with Crippen LogP contribution in [0.2, 0.25) is 0 Å². The third kappa shape index (κ3) is 4.89. The summed E-state index contributed by atoms with van der Waals surface area (Å²) in [5.74, 6) is -2.46. The van der Waals surface area contributed by atoms with Gasteiger partial charge in [0.05, 0.1) is 11.1 Å². The van der Waals surface area contributed by atoms with Crippen LogP contribution in [-0.4, -0.2) is 23.3 Å². The molecule has 3 aromatic carbocycles. The summed E-state index contributed by atoms with van der Waals surface area (Å²) in [6.07, 6.45) is -4.50. The highest BCUT2D eigenvalue weighted by molar-refractivity contribution is 5.97. The Hall–Kier alpha value is -3.68. The van der Waals surface area contributed by atoms with Crippen molar-refractivity contribution in [3.8, 4) is 0 Å². The van der Waals surface area contributed by atoms with Gasteiger partial charge in [-0.15, -0.1) is 0 Å². The second-order valence-corrected chi connectivity index (χ2v) is 7.79. The summed E-state index contributed by atoms with van der Waals surface area (Å²) >= 11 is 0. The quantitative estimate of drug-likeness (QED) is 0.564. The molecular weight excluding hydrogens is 436 g/mol. The van der Waals surface area contributed by atoms with E-state index in [9.17, 15) is 27.2 Å². The lowest BCUT2D eigenvalue weighted by Crippen LogP contribution is -2.37. The van der Waals surface area contributed by atoms with Crippen LogP contribution < -0.4 is 5.32 Å². The van der Waals surface area contributed by atoms with Gasteiger partial charge in [-0.1, -0.05) is 42.5 Å². The van der Waals surface area contributed by atoms with Crippen LogP contribution in [0.1, 0.15) is 43.0 Å².